The molecule has 0 aliphatic carbocycles. The summed E-state index contributed by atoms with van der Waals surface area (Å²) in [7, 11) is 0. The van der Waals surface area contributed by atoms with Gasteiger partial charge in [-0.15, -0.1) is 10.2 Å². The third-order valence-electron chi connectivity index (χ3n) is 3.61. The van der Waals surface area contributed by atoms with E-state index in [1.54, 1.807) is 53.1 Å². The minimum Gasteiger partial charge on any atom is -0.372 e. The summed E-state index contributed by atoms with van der Waals surface area (Å²) in [6.07, 6.45) is 2.94. The highest BCUT2D eigenvalue weighted by molar-refractivity contribution is 6.32. The number of carbonyl (C=O) groups is 1. The normalized spacial score (nSPS) is 13.5. The van der Waals surface area contributed by atoms with E-state index in [1.807, 2.05) is 0 Å². The fourth-order valence-corrected chi connectivity index (χ4v) is 2.61. The van der Waals surface area contributed by atoms with Crippen LogP contribution in [0.5, 0.6) is 0 Å². The van der Waals surface area contributed by atoms with Gasteiger partial charge < -0.3 is 10.8 Å². The Balaban J connectivity index is 2.19. The van der Waals surface area contributed by atoms with Crippen molar-refractivity contribution in [2.24, 2.45) is 5.73 Å². The standard InChI is InChI=1S/C16H13ClN4O2/c17-13-7-6-12(8-14(13)21-9-19-20-10-21)16(23,15(18)22)11-4-2-1-3-5-11/h1-10,23H,(H2,18,22). The third kappa shape index (κ3) is 2.58. The number of aliphatic hydroxyl groups is 1. The van der Waals surface area contributed by atoms with Crippen molar-refractivity contribution in [3.8, 4) is 5.69 Å². The topological polar surface area (TPSA) is 94.0 Å². The molecule has 0 saturated heterocycles. The Morgan fingerprint density at radius 3 is 2.35 bits per heavy atom. The number of primary amides is 1. The molecule has 0 fully saturated rings. The van der Waals surface area contributed by atoms with Crippen LogP contribution in [0.25, 0.3) is 5.69 Å². The number of halogens is 1. The van der Waals surface area contributed by atoms with E-state index in [0.717, 1.165) is 0 Å². The number of nitrogens with two attached hydrogens (primary N) is 1. The first kappa shape index (κ1) is 15.2. The highest BCUT2D eigenvalue weighted by Crippen LogP contribution is 2.33. The Bertz CT molecular complexity index is 837. The smallest absolute Gasteiger partial charge is 0.258 e. The van der Waals surface area contributed by atoms with Crippen LogP contribution < -0.4 is 5.73 Å². The molecule has 1 unspecified atom stereocenters. The van der Waals surface area contributed by atoms with Crippen molar-refractivity contribution in [2.45, 2.75) is 5.60 Å². The molecule has 6 nitrogen and oxygen atoms in total. The molecule has 0 aliphatic heterocycles. The average molecular weight is 329 g/mol. The number of rotatable bonds is 4. The largest absolute Gasteiger partial charge is 0.372 e. The zero-order chi connectivity index (χ0) is 16.4. The SMILES string of the molecule is NC(=O)C(O)(c1ccccc1)c1ccc(Cl)c(-n2cnnc2)c1. The molecule has 1 heterocycles. The summed E-state index contributed by atoms with van der Waals surface area (Å²) < 4.78 is 1.58. The van der Waals surface area contributed by atoms with Crippen molar-refractivity contribution in [2.75, 3.05) is 0 Å². The molecule has 0 saturated carbocycles. The minimum absolute atomic E-state index is 0.310. The maximum Gasteiger partial charge on any atom is 0.258 e. The summed E-state index contributed by atoms with van der Waals surface area (Å²) in [4.78, 5) is 12.0. The molecule has 3 rings (SSSR count). The van der Waals surface area contributed by atoms with Crippen LogP contribution in [0, 0.1) is 0 Å². The van der Waals surface area contributed by atoms with E-state index < -0.39 is 11.5 Å². The molecule has 7 heteroatoms. The predicted molar refractivity (Wildman–Crippen MR) is 85.0 cm³/mol. The van der Waals surface area contributed by atoms with Gasteiger partial charge in [0, 0.05) is 0 Å². The Morgan fingerprint density at radius 1 is 1.09 bits per heavy atom. The van der Waals surface area contributed by atoms with Gasteiger partial charge in [-0.1, -0.05) is 48.0 Å². The molecule has 2 aromatic carbocycles. The van der Waals surface area contributed by atoms with E-state index in [9.17, 15) is 9.90 Å². The second-order valence-corrected chi connectivity index (χ2v) is 5.38. The van der Waals surface area contributed by atoms with Crippen LogP contribution in [-0.4, -0.2) is 25.8 Å². The molecule has 1 amide bonds. The average Bonchev–Trinajstić information content (AvgIpc) is 3.09. The van der Waals surface area contributed by atoms with Gasteiger partial charge in [0.25, 0.3) is 5.91 Å². The van der Waals surface area contributed by atoms with Gasteiger partial charge in [-0.2, -0.15) is 0 Å². The maximum absolute atomic E-state index is 12.0. The summed E-state index contributed by atoms with van der Waals surface area (Å²) in [5.41, 5.74) is 4.75. The van der Waals surface area contributed by atoms with Crippen LogP contribution >= 0.6 is 11.6 Å². The van der Waals surface area contributed by atoms with Crippen LogP contribution in [0.15, 0.2) is 61.2 Å². The zero-order valence-electron chi connectivity index (χ0n) is 11.9. The van der Waals surface area contributed by atoms with Crippen LogP contribution in [-0.2, 0) is 10.4 Å². The lowest BCUT2D eigenvalue weighted by Crippen LogP contribution is -2.42. The summed E-state index contributed by atoms with van der Waals surface area (Å²) in [6.45, 7) is 0. The van der Waals surface area contributed by atoms with Crippen molar-refractivity contribution in [1.29, 1.82) is 0 Å². The monoisotopic (exact) mass is 328 g/mol. The van der Waals surface area contributed by atoms with Crippen molar-refractivity contribution in [3.05, 3.63) is 77.3 Å². The third-order valence-corrected chi connectivity index (χ3v) is 3.93. The number of amides is 1. The van der Waals surface area contributed by atoms with E-state index in [-0.39, 0.29) is 0 Å². The second kappa shape index (κ2) is 5.83. The van der Waals surface area contributed by atoms with Crippen molar-refractivity contribution in [3.63, 3.8) is 0 Å². The molecule has 3 N–H and O–H groups in total. The lowest BCUT2D eigenvalue weighted by molar-refractivity contribution is -0.133. The zero-order valence-corrected chi connectivity index (χ0v) is 12.7. The number of nitrogens with zero attached hydrogens (tertiary/aromatic N) is 3. The van der Waals surface area contributed by atoms with E-state index in [4.69, 9.17) is 17.3 Å². The van der Waals surface area contributed by atoms with Crippen molar-refractivity contribution < 1.29 is 9.90 Å². The highest BCUT2D eigenvalue weighted by atomic mass is 35.5. The Morgan fingerprint density at radius 2 is 1.74 bits per heavy atom. The van der Waals surface area contributed by atoms with Crippen molar-refractivity contribution >= 4 is 17.5 Å². The van der Waals surface area contributed by atoms with E-state index in [1.165, 1.54) is 12.7 Å². The molecule has 0 radical (unpaired) electrons. The van der Waals surface area contributed by atoms with Crippen LogP contribution in [0.4, 0.5) is 0 Å². The highest BCUT2D eigenvalue weighted by Gasteiger charge is 2.38. The summed E-state index contributed by atoms with van der Waals surface area (Å²) in [5, 5.41) is 18.9. The molecule has 1 aromatic heterocycles. The first-order valence-corrected chi connectivity index (χ1v) is 7.14. The number of hydrogen-bond acceptors (Lipinski definition) is 4. The van der Waals surface area contributed by atoms with E-state index in [0.29, 0.717) is 21.8 Å². The predicted octanol–water partition coefficient (Wildman–Crippen LogP) is 1.64. The molecule has 23 heavy (non-hydrogen) atoms. The first-order valence-electron chi connectivity index (χ1n) is 6.76. The molecule has 116 valence electrons. The van der Waals surface area contributed by atoms with E-state index in [2.05, 4.69) is 10.2 Å². The Hall–Kier alpha value is -2.70. The van der Waals surface area contributed by atoms with Gasteiger partial charge in [0.2, 0.25) is 0 Å². The van der Waals surface area contributed by atoms with Gasteiger partial charge in [-0.3, -0.25) is 9.36 Å². The molecule has 0 spiro atoms. The van der Waals surface area contributed by atoms with Gasteiger partial charge >= 0.3 is 0 Å². The lowest BCUT2D eigenvalue weighted by Gasteiger charge is -2.26. The second-order valence-electron chi connectivity index (χ2n) is 4.98. The number of aromatic nitrogens is 3. The van der Waals surface area contributed by atoms with E-state index >= 15 is 0 Å². The molecule has 3 aromatic rings. The summed E-state index contributed by atoms with van der Waals surface area (Å²) in [6, 6.07) is 13.2. The van der Waals surface area contributed by atoms with Gasteiger partial charge in [0.15, 0.2) is 5.60 Å². The van der Waals surface area contributed by atoms with Gasteiger partial charge in [-0.05, 0) is 23.3 Å². The molecule has 0 bridgehead atoms. The Labute approximate surface area is 137 Å². The Kier molecular flexibility index (Phi) is 3.85. The lowest BCUT2D eigenvalue weighted by atomic mass is 9.85. The fourth-order valence-electron chi connectivity index (χ4n) is 2.39. The van der Waals surface area contributed by atoms with Crippen molar-refractivity contribution in [1.82, 2.24) is 14.8 Å². The van der Waals surface area contributed by atoms with Crippen LogP contribution in [0.2, 0.25) is 5.02 Å². The number of benzene rings is 2. The van der Waals surface area contributed by atoms with Gasteiger partial charge in [0.05, 0.1) is 10.7 Å². The number of carbonyl (C=O) groups excluding carboxylic acids is 1. The quantitative estimate of drug-likeness (QED) is 0.761. The summed E-state index contributed by atoms with van der Waals surface area (Å²) >= 11 is 6.19. The first-order chi connectivity index (χ1) is 11.0. The van der Waals surface area contributed by atoms with Gasteiger partial charge in [-0.25, -0.2) is 0 Å². The molecule has 1 atom stereocenters. The van der Waals surface area contributed by atoms with Crippen LogP contribution in [0.3, 0.4) is 0 Å². The van der Waals surface area contributed by atoms with Crippen LogP contribution in [0.1, 0.15) is 11.1 Å². The minimum atomic E-state index is -1.96. The molecular weight excluding hydrogens is 316 g/mol. The molecule has 0 aliphatic rings. The maximum atomic E-state index is 12.0. The fraction of sp³-hybridized carbons (Fsp3) is 0.0625. The van der Waals surface area contributed by atoms with Gasteiger partial charge in [0.1, 0.15) is 12.7 Å². The molecular formula is C16H13ClN4O2. The number of hydrogen-bond donors (Lipinski definition) is 2. The summed E-state index contributed by atoms with van der Waals surface area (Å²) in [5.74, 6) is -0.874.